The van der Waals surface area contributed by atoms with Crippen LogP contribution in [0.4, 0.5) is 51.2 Å². The molecule has 0 fully saturated rings. The van der Waals surface area contributed by atoms with Gasteiger partial charge >= 0.3 is 0 Å². The number of aromatic nitrogens is 1. The van der Waals surface area contributed by atoms with Gasteiger partial charge in [-0.15, -0.1) is 0 Å². The number of hydrogen-bond donors (Lipinski definition) is 0. The van der Waals surface area contributed by atoms with E-state index in [9.17, 15) is 0 Å². The second-order valence-electron chi connectivity index (χ2n) is 20.1. The van der Waals surface area contributed by atoms with Crippen molar-refractivity contribution < 1.29 is 4.42 Å². The lowest BCUT2D eigenvalue weighted by Crippen LogP contribution is -2.11. The van der Waals surface area contributed by atoms with Crippen molar-refractivity contribution in [2.45, 2.75) is 0 Å². The Morgan fingerprint density at radius 2 is 0.633 bits per heavy atom. The monoisotopic (exact) mass is 1010 g/mol. The van der Waals surface area contributed by atoms with E-state index in [4.69, 9.17) is 4.42 Å². The van der Waals surface area contributed by atoms with E-state index >= 15 is 0 Å². The van der Waals surface area contributed by atoms with Crippen LogP contribution in [-0.4, -0.2) is 4.57 Å². The van der Waals surface area contributed by atoms with E-state index in [1.165, 1.54) is 10.8 Å². The summed E-state index contributed by atoms with van der Waals surface area (Å²) in [5, 5.41) is 9.12. The summed E-state index contributed by atoms with van der Waals surface area (Å²) >= 11 is 0. The summed E-state index contributed by atoms with van der Waals surface area (Å²) in [5.41, 5.74) is 16.9. The number of rotatable bonds is 11. The lowest BCUT2D eigenvalue weighted by molar-refractivity contribution is 0.673. The lowest BCUT2D eigenvalue weighted by atomic mass is 9.96. The van der Waals surface area contributed by atoms with Crippen molar-refractivity contribution >= 4 is 116 Å². The fourth-order valence-electron chi connectivity index (χ4n) is 12.0. The van der Waals surface area contributed by atoms with Crippen LogP contribution in [0.3, 0.4) is 0 Å². The van der Waals surface area contributed by atoms with Gasteiger partial charge in [-0.25, -0.2) is 0 Å². The number of nitrogens with zero attached hydrogens (tertiary/aromatic N) is 4. The molecule has 0 atom stereocenters. The summed E-state index contributed by atoms with van der Waals surface area (Å²) < 4.78 is 9.19. The molecule has 0 saturated heterocycles. The van der Waals surface area contributed by atoms with E-state index < -0.39 is 0 Å². The highest BCUT2D eigenvalue weighted by Gasteiger charge is 2.23. The molecule has 5 heteroatoms. The van der Waals surface area contributed by atoms with Crippen LogP contribution in [-0.2, 0) is 0 Å². The smallest absolute Gasteiger partial charge is 0.143 e. The van der Waals surface area contributed by atoms with Crippen LogP contribution < -0.4 is 14.7 Å². The Morgan fingerprint density at radius 3 is 1.20 bits per heavy atom. The zero-order valence-electron chi connectivity index (χ0n) is 43.1. The van der Waals surface area contributed by atoms with Gasteiger partial charge in [0.05, 0.1) is 11.0 Å². The maximum absolute atomic E-state index is 6.74. The lowest BCUT2D eigenvalue weighted by Gasteiger charge is -2.27. The van der Waals surface area contributed by atoms with E-state index in [1.54, 1.807) is 0 Å². The van der Waals surface area contributed by atoms with Crippen molar-refractivity contribution in [1.82, 2.24) is 4.57 Å². The SMILES string of the molecule is c1ccc(-c2cccc(N(c3cccc(-n4c5ccc(N(c6ccccc6)c6ccccc6)cc5c5cc(N(c6ccccc6)c6ccccc6)ccc54)c3)c3ccc4c5ccccc5c5oc6ccccc6c5c4c3)c2)cc1. The maximum Gasteiger partial charge on any atom is 0.143 e. The number of para-hydroxylation sites is 5. The van der Waals surface area contributed by atoms with E-state index in [0.717, 1.165) is 123 Å². The van der Waals surface area contributed by atoms with E-state index in [0.29, 0.717) is 0 Å². The van der Waals surface area contributed by atoms with Gasteiger partial charge in [0, 0.05) is 83.8 Å². The minimum atomic E-state index is 0.881. The number of furan rings is 1. The van der Waals surface area contributed by atoms with Gasteiger partial charge in [-0.05, 0) is 161 Å². The molecule has 79 heavy (non-hydrogen) atoms. The first kappa shape index (κ1) is 45.7. The summed E-state index contributed by atoms with van der Waals surface area (Å²) in [7, 11) is 0. The summed E-state index contributed by atoms with van der Waals surface area (Å²) in [6.07, 6.45) is 0. The summed E-state index contributed by atoms with van der Waals surface area (Å²) in [6, 6.07) is 109. The van der Waals surface area contributed by atoms with Crippen LogP contribution >= 0.6 is 0 Å². The Morgan fingerprint density at radius 1 is 0.241 bits per heavy atom. The molecule has 0 aliphatic carbocycles. The molecule has 372 valence electrons. The van der Waals surface area contributed by atoms with Gasteiger partial charge in [0.1, 0.15) is 11.2 Å². The molecule has 0 saturated carbocycles. The van der Waals surface area contributed by atoms with Crippen LogP contribution in [0.2, 0.25) is 0 Å². The molecule has 0 aliphatic heterocycles. The van der Waals surface area contributed by atoms with Gasteiger partial charge in [0.2, 0.25) is 0 Å². The molecule has 2 aromatic heterocycles. The standard InChI is InChI=1S/C74H50N4O/c1-6-22-51(23-7-1)52-24-20-33-57(46-52)77(60-40-43-64-63-36-16-17-37-65(63)74-73(69(64)50-60)66-38-18-19-39-72(66)79-74)58-34-21-35-59(47-58)78-70-44-41-61(75(53-25-8-2-9-26-53)54-27-10-3-11-28-54)48-67(70)68-49-62(42-45-71(68)78)76(55-29-12-4-13-30-55)56-31-14-5-15-32-56/h1-50H. The van der Waals surface area contributed by atoms with Crippen molar-refractivity contribution in [3.63, 3.8) is 0 Å². The van der Waals surface area contributed by atoms with Gasteiger partial charge in [0.25, 0.3) is 0 Å². The number of anilines is 9. The van der Waals surface area contributed by atoms with Crippen molar-refractivity contribution in [3.8, 4) is 16.8 Å². The highest BCUT2D eigenvalue weighted by Crippen LogP contribution is 2.47. The molecule has 0 spiro atoms. The van der Waals surface area contributed by atoms with Crippen LogP contribution in [0, 0.1) is 0 Å². The summed E-state index contributed by atoms with van der Waals surface area (Å²) in [4.78, 5) is 7.11. The Balaban J connectivity index is 0.964. The molecule has 0 unspecified atom stereocenters. The molecule has 0 aliphatic rings. The first-order valence-electron chi connectivity index (χ1n) is 26.9. The Bertz CT molecular complexity index is 4510. The van der Waals surface area contributed by atoms with E-state index in [2.05, 4.69) is 323 Å². The molecule has 0 N–H and O–H groups in total. The Hall–Kier alpha value is -10.6. The molecule has 0 radical (unpaired) electrons. The predicted molar refractivity (Wildman–Crippen MR) is 333 cm³/mol. The third kappa shape index (κ3) is 7.95. The second kappa shape index (κ2) is 19.2. The van der Waals surface area contributed by atoms with Crippen molar-refractivity contribution in [3.05, 3.63) is 303 Å². The second-order valence-corrected chi connectivity index (χ2v) is 20.1. The molecule has 0 amide bonds. The molecule has 15 rings (SSSR count). The zero-order valence-corrected chi connectivity index (χ0v) is 43.1. The first-order valence-corrected chi connectivity index (χ1v) is 26.9. The fourth-order valence-corrected chi connectivity index (χ4v) is 12.0. The van der Waals surface area contributed by atoms with Gasteiger partial charge in [-0.3, -0.25) is 0 Å². The molecule has 15 aromatic rings. The van der Waals surface area contributed by atoms with Crippen LogP contribution in [0.5, 0.6) is 0 Å². The fraction of sp³-hybridized carbons (Fsp3) is 0. The minimum absolute atomic E-state index is 0.881. The molecular weight excluding hydrogens is 961 g/mol. The van der Waals surface area contributed by atoms with E-state index in [1.807, 2.05) is 0 Å². The van der Waals surface area contributed by atoms with Crippen LogP contribution in [0.1, 0.15) is 0 Å². The minimum Gasteiger partial charge on any atom is -0.455 e. The average molecular weight is 1010 g/mol. The molecular formula is C74H50N4O. The van der Waals surface area contributed by atoms with Crippen molar-refractivity contribution in [2.75, 3.05) is 14.7 Å². The zero-order chi connectivity index (χ0) is 52.2. The maximum atomic E-state index is 6.74. The van der Waals surface area contributed by atoms with Crippen LogP contribution in [0.25, 0.3) is 82.1 Å². The van der Waals surface area contributed by atoms with Gasteiger partial charge in [-0.1, -0.05) is 170 Å². The molecule has 2 heterocycles. The van der Waals surface area contributed by atoms with Crippen molar-refractivity contribution in [2.24, 2.45) is 0 Å². The Kier molecular flexibility index (Phi) is 11.1. The first-order chi connectivity index (χ1) is 39.2. The Labute approximate surface area is 457 Å². The highest BCUT2D eigenvalue weighted by molar-refractivity contribution is 6.30. The number of fused-ring (bicyclic) bond motifs is 11. The third-order valence-corrected chi connectivity index (χ3v) is 15.5. The number of benzene rings is 13. The third-order valence-electron chi connectivity index (χ3n) is 15.5. The van der Waals surface area contributed by atoms with E-state index in [-0.39, 0.29) is 0 Å². The molecule has 13 aromatic carbocycles. The average Bonchev–Trinajstić information content (AvgIpc) is 4.10. The predicted octanol–water partition coefficient (Wildman–Crippen LogP) is 21.1. The number of hydrogen-bond acceptors (Lipinski definition) is 4. The normalized spacial score (nSPS) is 11.5. The largest absolute Gasteiger partial charge is 0.455 e. The van der Waals surface area contributed by atoms with Gasteiger partial charge in [-0.2, -0.15) is 0 Å². The summed E-state index contributed by atoms with van der Waals surface area (Å²) in [6.45, 7) is 0. The van der Waals surface area contributed by atoms with Crippen LogP contribution in [0.15, 0.2) is 308 Å². The van der Waals surface area contributed by atoms with Crippen molar-refractivity contribution in [1.29, 1.82) is 0 Å². The highest BCUT2D eigenvalue weighted by atomic mass is 16.3. The topological polar surface area (TPSA) is 27.8 Å². The molecule has 5 nitrogen and oxygen atoms in total. The quantitative estimate of drug-likeness (QED) is 0.121. The van der Waals surface area contributed by atoms with Gasteiger partial charge in [0.15, 0.2) is 0 Å². The summed E-state index contributed by atoms with van der Waals surface area (Å²) in [5.74, 6) is 0. The molecule has 0 bridgehead atoms. The van der Waals surface area contributed by atoms with Gasteiger partial charge < -0.3 is 23.7 Å².